The van der Waals surface area contributed by atoms with E-state index >= 15 is 0 Å². The molecule has 4 rings (SSSR count). The summed E-state index contributed by atoms with van der Waals surface area (Å²) < 4.78 is 0. The molecule has 1 aromatic carbocycles. The lowest BCUT2D eigenvalue weighted by Gasteiger charge is -2.53. The van der Waals surface area contributed by atoms with Crippen molar-refractivity contribution >= 4 is 11.7 Å². The molecule has 1 amide bonds. The van der Waals surface area contributed by atoms with E-state index in [1.807, 2.05) is 30.3 Å². The smallest absolute Gasteiger partial charge is 0.273 e. The quantitative estimate of drug-likeness (QED) is 0.887. The Balaban J connectivity index is 1.67. The van der Waals surface area contributed by atoms with Crippen LogP contribution in [-0.4, -0.2) is 52.6 Å². The molecule has 1 aliphatic heterocycles. The van der Waals surface area contributed by atoms with Crippen molar-refractivity contribution in [2.75, 3.05) is 25.5 Å². The zero-order chi connectivity index (χ0) is 19.7. The van der Waals surface area contributed by atoms with Crippen LogP contribution in [0.5, 0.6) is 0 Å². The first-order valence-corrected chi connectivity index (χ1v) is 10.1. The van der Waals surface area contributed by atoms with Gasteiger partial charge in [0.1, 0.15) is 11.5 Å². The third-order valence-corrected chi connectivity index (χ3v) is 6.29. The number of nitrogens with zero attached hydrogens (tertiary/aromatic N) is 4. The summed E-state index contributed by atoms with van der Waals surface area (Å²) in [6.07, 6.45) is 8.20. The maximum atomic E-state index is 12.3. The van der Waals surface area contributed by atoms with Crippen LogP contribution in [-0.2, 0) is 5.60 Å². The van der Waals surface area contributed by atoms with Gasteiger partial charge in [-0.1, -0.05) is 43.2 Å². The van der Waals surface area contributed by atoms with Gasteiger partial charge in [-0.15, -0.1) is 0 Å². The molecule has 2 aromatic rings. The Labute approximate surface area is 166 Å². The third-order valence-electron chi connectivity index (χ3n) is 6.29. The summed E-state index contributed by atoms with van der Waals surface area (Å²) in [5, 5.41) is 11.7. The van der Waals surface area contributed by atoms with E-state index in [-0.39, 0.29) is 17.9 Å². The highest BCUT2D eigenvalue weighted by molar-refractivity contribution is 5.91. The molecule has 28 heavy (non-hydrogen) atoms. The summed E-state index contributed by atoms with van der Waals surface area (Å²) in [5.41, 5.74) is 0.556. The summed E-state index contributed by atoms with van der Waals surface area (Å²) in [6.45, 7) is 0.695. The van der Waals surface area contributed by atoms with Crippen LogP contribution in [0.2, 0.25) is 0 Å². The average Bonchev–Trinajstić information content (AvgIpc) is 2.74. The van der Waals surface area contributed by atoms with Gasteiger partial charge < -0.3 is 14.9 Å². The van der Waals surface area contributed by atoms with Crippen LogP contribution < -0.4 is 4.90 Å². The van der Waals surface area contributed by atoms with Gasteiger partial charge >= 0.3 is 0 Å². The predicted molar refractivity (Wildman–Crippen MR) is 108 cm³/mol. The standard InChI is InChI=1S/C22H28N4O2/c1-25(2)21(27)18-14-23-15-20(24-18)26-13-12-22(28,16-8-4-3-5-9-16)17-10-6-7-11-19(17)26/h3-5,8-9,14-15,17,19,28H,6-7,10-13H2,1-2H3/t17-,19+,22+/m0/s1. The first kappa shape index (κ1) is 18.9. The van der Waals surface area contributed by atoms with Crippen molar-refractivity contribution in [1.29, 1.82) is 0 Å². The number of benzene rings is 1. The van der Waals surface area contributed by atoms with Crippen molar-refractivity contribution in [3.63, 3.8) is 0 Å². The van der Waals surface area contributed by atoms with E-state index in [0.29, 0.717) is 18.7 Å². The van der Waals surface area contributed by atoms with Crippen molar-refractivity contribution in [3.05, 3.63) is 54.0 Å². The number of rotatable bonds is 3. The maximum absolute atomic E-state index is 12.3. The lowest BCUT2D eigenvalue weighted by molar-refractivity contribution is -0.0690. The van der Waals surface area contributed by atoms with Crippen LogP contribution in [0.1, 0.15) is 48.2 Å². The number of carbonyl (C=O) groups is 1. The molecule has 3 atom stereocenters. The van der Waals surface area contributed by atoms with E-state index in [4.69, 9.17) is 0 Å². The van der Waals surface area contributed by atoms with Crippen molar-refractivity contribution in [2.45, 2.75) is 43.7 Å². The fourth-order valence-corrected chi connectivity index (χ4v) is 4.88. The van der Waals surface area contributed by atoms with Gasteiger partial charge in [0.15, 0.2) is 0 Å². The van der Waals surface area contributed by atoms with E-state index in [9.17, 15) is 9.90 Å². The van der Waals surface area contributed by atoms with Gasteiger partial charge in [0, 0.05) is 32.6 Å². The number of hydrogen-bond acceptors (Lipinski definition) is 5. The van der Waals surface area contributed by atoms with Gasteiger partial charge in [-0.05, 0) is 24.8 Å². The number of fused-ring (bicyclic) bond motifs is 1. The van der Waals surface area contributed by atoms with Gasteiger partial charge in [-0.25, -0.2) is 4.98 Å². The highest BCUT2D eigenvalue weighted by Crippen LogP contribution is 2.47. The van der Waals surface area contributed by atoms with Crippen LogP contribution in [0.3, 0.4) is 0 Å². The molecule has 1 saturated heterocycles. The lowest BCUT2D eigenvalue weighted by atomic mass is 9.66. The van der Waals surface area contributed by atoms with Crippen molar-refractivity contribution < 1.29 is 9.90 Å². The largest absolute Gasteiger partial charge is 0.385 e. The Morgan fingerprint density at radius 2 is 1.93 bits per heavy atom. The molecule has 2 aliphatic rings. The van der Waals surface area contributed by atoms with Gasteiger partial charge in [0.05, 0.1) is 18.0 Å². The van der Waals surface area contributed by atoms with Crippen LogP contribution in [0.4, 0.5) is 5.82 Å². The molecule has 0 unspecified atom stereocenters. The Hall–Kier alpha value is -2.47. The minimum Gasteiger partial charge on any atom is -0.385 e. The number of amides is 1. The Bertz CT molecular complexity index is 841. The minimum absolute atomic E-state index is 0.146. The molecular formula is C22H28N4O2. The van der Waals surface area contributed by atoms with Crippen LogP contribution >= 0.6 is 0 Å². The van der Waals surface area contributed by atoms with Crippen LogP contribution in [0.15, 0.2) is 42.7 Å². The monoisotopic (exact) mass is 380 g/mol. The second-order valence-electron chi connectivity index (χ2n) is 8.15. The van der Waals surface area contributed by atoms with Crippen molar-refractivity contribution in [3.8, 4) is 0 Å². The molecule has 1 saturated carbocycles. The maximum Gasteiger partial charge on any atom is 0.273 e. The fourth-order valence-electron chi connectivity index (χ4n) is 4.88. The number of hydrogen-bond donors (Lipinski definition) is 1. The average molecular weight is 380 g/mol. The molecule has 2 fully saturated rings. The molecule has 1 aromatic heterocycles. The molecule has 0 radical (unpaired) electrons. The highest BCUT2D eigenvalue weighted by Gasteiger charge is 2.49. The van der Waals surface area contributed by atoms with Crippen molar-refractivity contribution in [2.24, 2.45) is 5.92 Å². The number of carbonyl (C=O) groups excluding carboxylic acids is 1. The molecule has 2 heterocycles. The van der Waals surface area contributed by atoms with E-state index in [1.54, 1.807) is 20.3 Å². The molecule has 0 bridgehead atoms. The van der Waals surface area contributed by atoms with Gasteiger partial charge in [-0.2, -0.15) is 0 Å². The first-order valence-electron chi connectivity index (χ1n) is 10.1. The number of anilines is 1. The van der Waals surface area contributed by atoms with Crippen molar-refractivity contribution in [1.82, 2.24) is 14.9 Å². The zero-order valence-electron chi connectivity index (χ0n) is 16.6. The minimum atomic E-state index is -0.812. The summed E-state index contributed by atoms with van der Waals surface area (Å²) in [5.74, 6) is 0.736. The lowest BCUT2D eigenvalue weighted by Crippen LogP contribution is -2.58. The second kappa shape index (κ2) is 7.51. The van der Waals surface area contributed by atoms with Gasteiger partial charge in [0.25, 0.3) is 5.91 Å². The molecular weight excluding hydrogens is 352 g/mol. The number of piperidine rings is 1. The fraction of sp³-hybridized carbons (Fsp3) is 0.500. The number of aliphatic hydroxyl groups is 1. The first-order chi connectivity index (χ1) is 13.5. The number of aromatic nitrogens is 2. The summed E-state index contributed by atoms with van der Waals surface area (Å²) >= 11 is 0. The molecule has 1 aliphatic carbocycles. The summed E-state index contributed by atoms with van der Waals surface area (Å²) in [7, 11) is 3.43. The van der Waals surface area contributed by atoms with Gasteiger partial charge in [-0.3, -0.25) is 9.78 Å². The predicted octanol–water partition coefficient (Wildman–Crippen LogP) is 2.84. The molecule has 148 valence electrons. The SMILES string of the molecule is CN(C)C(=O)c1cncc(N2CC[C@@](O)(c3ccccc3)[C@H]3CCCC[C@H]32)n1. The zero-order valence-corrected chi connectivity index (χ0v) is 16.6. The van der Waals surface area contributed by atoms with Crippen LogP contribution in [0, 0.1) is 5.92 Å². The Kier molecular flexibility index (Phi) is 5.06. The van der Waals surface area contributed by atoms with Gasteiger partial charge in [0.2, 0.25) is 0 Å². The Morgan fingerprint density at radius 3 is 2.68 bits per heavy atom. The Morgan fingerprint density at radius 1 is 1.18 bits per heavy atom. The van der Waals surface area contributed by atoms with E-state index in [0.717, 1.165) is 37.1 Å². The second-order valence-corrected chi connectivity index (χ2v) is 8.15. The van der Waals surface area contributed by atoms with E-state index in [1.165, 1.54) is 11.1 Å². The topological polar surface area (TPSA) is 69.6 Å². The third kappa shape index (κ3) is 3.26. The van der Waals surface area contributed by atoms with E-state index < -0.39 is 5.60 Å². The molecule has 6 nitrogen and oxygen atoms in total. The highest BCUT2D eigenvalue weighted by atomic mass is 16.3. The van der Waals surface area contributed by atoms with E-state index in [2.05, 4.69) is 14.9 Å². The molecule has 1 N–H and O–H groups in total. The summed E-state index contributed by atoms with van der Waals surface area (Å²) in [6, 6.07) is 10.3. The normalized spacial score (nSPS) is 27.2. The molecule has 0 spiro atoms. The van der Waals surface area contributed by atoms with Crippen LogP contribution in [0.25, 0.3) is 0 Å². The summed E-state index contributed by atoms with van der Waals surface area (Å²) in [4.78, 5) is 25.0. The molecule has 6 heteroatoms.